The van der Waals surface area contributed by atoms with Crippen molar-refractivity contribution in [1.29, 1.82) is 0 Å². The number of nitrogens with one attached hydrogen (secondary N) is 1. The molecule has 0 fully saturated rings. The minimum Gasteiger partial charge on any atom is -0.467 e. The maximum Gasteiger partial charge on any atom is 0.336 e. The van der Waals surface area contributed by atoms with Gasteiger partial charge in [0.2, 0.25) is 0 Å². The van der Waals surface area contributed by atoms with Crippen molar-refractivity contribution in [1.82, 2.24) is 14.8 Å². The first-order chi connectivity index (χ1) is 16.1. The van der Waals surface area contributed by atoms with Gasteiger partial charge in [-0.1, -0.05) is 12.1 Å². The number of furan rings is 1. The van der Waals surface area contributed by atoms with Crippen LogP contribution in [0.3, 0.4) is 0 Å². The van der Waals surface area contributed by atoms with E-state index >= 15 is 0 Å². The van der Waals surface area contributed by atoms with Gasteiger partial charge in [0.15, 0.2) is 5.82 Å². The second-order valence-corrected chi connectivity index (χ2v) is 7.22. The molecule has 0 aliphatic heterocycles. The van der Waals surface area contributed by atoms with Crippen LogP contribution in [-0.2, 0) is 11.3 Å². The van der Waals surface area contributed by atoms with Crippen molar-refractivity contribution in [3.05, 3.63) is 78.5 Å². The number of aromatic nitrogens is 3. The molecular formula is C24H25FN4O4. The van der Waals surface area contributed by atoms with Crippen molar-refractivity contribution < 1.29 is 23.4 Å². The maximum absolute atomic E-state index is 14.4. The molecule has 2 N–H and O–H groups in total. The Hall–Kier alpha value is -3.69. The van der Waals surface area contributed by atoms with Gasteiger partial charge in [-0.25, -0.2) is 9.07 Å². The molecule has 2 aromatic heterocycles. The Bertz CT molecular complexity index is 1150. The molecule has 0 bridgehead atoms. The van der Waals surface area contributed by atoms with Crippen LogP contribution in [0.25, 0.3) is 17.1 Å². The van der Waals surface area contributed by atoms with Crippen LogP contribution in [0.5, 0.6) is 6.01 Å². The summed E-state index contributed by atoms with van der Waals surface area (Å²) in [5.74, 6) is 0.665. The summed E-state index contributed by atoms with van der Waals surface area (Å²) in [6, 6.07) is 17.5. The molecule has 2 heterocycles. The molecule has 1 atom stereocenters. The normalized spacial score (nSPS) is 12.0. The molecule has 9 heteroatoms. The summed E-state index contributed by atoms with van der Waals surface area (Å²) in [6.45, 7) is 3.04. The van der Waals surface area contributed by atoms with Crippen LogP contribution in [0.15, 0.2) is 71.3 Å². The smallest absolute Gasteiger partial charge is 0.336 e. The second-order valence-electron chi connectivity index (χ2n) is 7.22. The van der Waals surface area contributed by atoms with E-state index in [0.29, 0.717) is 42.6 Å². The number of benzene rings is 2. The zero-order valence-corrected chi connectivity index (χ0v) is 18.1. The number of rotatable bonds is 11. The van der Waals surface area contributed by atoms with E-state index in [-0.39, 0.29) is 12.6 Å². The van der Waals surface area contributed by atoms with Gasteiger partial charge in [-0.05, 0) is 55.5 Å². The van der Waals surface area contributed by atoms with Crippen molar-refractivity contribution >= 4 is 5.69 Å². The third kappa shape index (κ3) is 5.76. The molecule has 4 rings (SSSR count). The van der Waals surface area contributed by atoms with Gasteiger partial charge >= 0.3 is 6.01 Å². The first kappa shape index (κ1) is 22.5. The minimum atomic E-state index is -0.684. The average molecular weight is 452 g/mol. The highest BCUT2D eigenvalue weighted by molar-refractivity contribution is 5.60. The van der Waals surface area contributed by atoms with E-state index in [4.69, 9.17) is 13.9 Å². The fraction of sp³-hybridized carbons (Fsp3) is 0.250. The highest BCUT2D eigenvalue weighted by atomic mass is 19.1. The Labute approximate surface area is 190 Å². The Morgan fingerprint density at radius 3 is 2.67 bits per heavy atom. The molecule has 0 aliphatic carbocycles. The van der Waals surface area contributed by atoms with Gasteiger partial charge < -0.3 is 24.3 Å². The van der Waals surface area contributed by atoms with Crippen molar-refractivity contribution in [2.24, 2.45) is 0 Å². The average Bonchev–Trinajstić information content (AvgIpc) is 3.49. The molecule has 33 heavy (non-hydrogen) atoms. The quantitative estimate of drug-likeness (QED) is 0.354. The Balaban J connectivity index is 1.41. The van der Waals surface area contributed by atoms with Crippen LogP contribution in [-0.4, -0.2) is 45.7 Å². The standard InChI is InChI=1S/C24H25FN4O4/c1-2-32-24-27-23(21-7-3-4-8-22(21)25)29(28-24)18-11-9-17(10-12-18)26-14-19(30)15-31-16-20-6-5-13-33-20/h3-13,19,26,30H,2,14-16H2,1H3. The lowest BCUT2D eigenvalue weighted by Gasteiger charge is -2.13. The van der Waals surface area contributed by atoms with E-state index in [1.807, 2.05) is 37.3 Å². The van der Waals surface area contributed by atoms with Crippen LogP contribution in [0, 0.1) is 5.82 Å². The van der Waals surface area contributed by atoms with Gasteiger partial charge in [-0.2, -0.15) is 4.98 Å². The number of halogens is 1. The Kier molecular flexibility index (Phi) is 7.33. The number of aliphatic hydroxyl groups is 1. The summed E-state index contributed by atoms with van der Waals surface area (Å²) in [5.41, 5.74) is 1.83. The van der Waals surface area contributed by atoms with Crippen molar-refractivity contribution in [3.8, 4) is 23.1 Å². The van der Waals surface area contributed by atoms with E-state index < -0.39 is 11.9 Å². The molecular weight excluding hydrogens is 427 g/mol. The highest BCUT2D eigenvalue weighted by Gasteiger charge is 2.17. The van der Waals surface area contributed by atoms with E-state index in [9.17, 15) is 9.50 Å². The molecule has 0 amide bonds. The molecule has 4 aromatic rings. The lowest BCUT2D eigenvalue weighted by molar-refractivity contribution is 0.0282. The number of nitrogens with zero attached hydrogens (tertiary/aromatic N) is 3. The predicted octanol–water partition coefficient (Wildman–Crippen LogP) is 4.05. The van der Waals surface area contributed by atoms with Crippen LogP contribution in [0.1, 0.15) is 12.7 Å². The van der Waals surface area contributed by atoms with Gasteiger partial charge in [-0.3, -0.25) is 0 Å². The zero-order valence-electron chi connectivity index (χ0n) is 18.1. The molecule has 0 radical (unpaired) electrons. The first-order valence-electron chi connectivity index (χ1n) is 10.6. The first-order valence-corrected chi connectivity index (χ1v) is 10.6. The third-order valence-electron chi connectivity index (χ3n) is 4.76. The van der Waals surface area contributed by atoms with E-state index in [1.165, 1.54) is 6.07 Å². The predicted molar refractivity (Wildman–Crippen MR) is 121 cm³/mol. The summed E-state index contributed by atoms with van der Waals surface area (Å²) in [6.07, 6.45) is 0.896. The number of hydrogen-bond acceptors (Lipinski definition) is 7. The third-order valence-corrected chi connectivity index (χ3v) is 4.76. The topological polar surface area (TPSA) is 94.6 Å². The lowest BCUT2D eigenvalue weighted by atomic mass is 10.2. The molecule has 0 spiro atoms. The van der Waals surface area contributed by atoms with Gasteiger partial charge in [0, 0.05) is 12.2 Å². The van der Waals surface area contributed by atoms with Gasteiger partial charge in [-0.15, -0.1) is 5.10 Å². The number of hydrogen-bond donors (Lipinski definition) is 2. The van der Waals surface area contributed by atoms with Crippen molar-refractivity contribution in [2.45, 2.75) is 19.6 Å². The van der Waals surface area contributed by atoms with Crippen LogP contribution in [0.4, 0.5) is 10.1 Å². The van der Waals surface area contributed by atoms with Crippen LogP contribution < -0.4 is 10.1 Å². The largest absolute Gasteiger partial charge is 0.467 e. The number of anilines is 1. The van der Waals surface area contributed by atoms with Gasteiger partial charge in [0.25, 0.3) is 0 Å². The van der Waals surface area contributed by atoms with Crippen molar-refractivity contribution in [3.63, 3.8) is 0 Å². The summed E-state index contributed by atoms with van der Waals surface area (Å²) >= 11 is 0. The summed E-state index contributed by atoms with van der Waals surface area (Å²) in [5, 5.41) is 17.7. The number of aliphatic hydroxyl groups excluding tert-OH is 1. The Morgan fingerprint density at radius 2 is 1.94 bits per heavy atom. The Morgan fingerprint density at radius 1 is 1.12 bits per heavy atom. The van der Waals surface area contributed by atoms with Crippen LogP contribution in [0.2, 0.25) is 0 Å². The van der Waals surface area contributed by atoms with Gasteiger partial charge in [0.1, 0.15) is 18.2 Å². The minimum absolute atomic E-state index is 0.177. The molecule has 0 saturated heterocycles. The summed E-state index contributed by atoms with van der Waals surface area (Å²) in [7, 11) is 0. The number of ether oxygens (including phenoxy) is 2. The summed E-state index contributed by atoms with van der Waals surface area (Å²) < 4.78 is 32.0. The molecule has 8 nitrogen and oxygen atoms in total. The molecule has 0 aliphatic rings. The van der Waals surface area contributed by atoms with Gasteiger partial charge in [0.05, 0.1) is 36.8 Å². The van der Waals surface area contributed by atoms with E-state index in [0.717, 1.165) is 5.69 Å². The SMILES string of the molecule is CCOc1nc(-c2ccccc2F)n(-c2ccc(NCC(O)COCc3ccco3)cc2)n1. The fourth-order valence-electron chi connectivity index (χ4n) is 3.19. The molecule has 0 saturated carbocycles. The highest BCUT2D eigenvalue weighted by Crippen LogP contribution is 2.26. The van der Waals surface area contributed by atoms with Crippen molar-refractivity contribution in [2.75, 3.05) is 25.1 Å². The molecule has 1 unspecified atom stereocenters. The zero-order chi connectivity index (χ0) is 23.0. The van der Waals surface area contributed by atoms with Crippen LogP contribution >= 0.6 is 0 Å². The molecule has 172 valence electrons. The maximum atomic E-state index is 14.4. The second kappa shape index (κ2) is 10.8. The fourth-order valence-corrected chi connectivity index (χ4v) is 3.19. The molecule has 2 aromatic carbocycles. The monoisotopic (exact) mass is 452 g/mol. The lowest BCUT2D eigenvalue weighted by Crippen LogP contribution is -2.24. The van der Waals surface area contributed by atoms with E-state index in [2.05, 4.69) is 15.4 Å². The summed E-state index contributed by atoms with van der Waals surface area (Å²) in [4.78, 5) is 4.36. The van der Waals surface area contributed by atoms with E-state index in [1.54, 1.807) is 35.2 Å².